The number of aromatic nitrogens is 2. The van der Waals surface area contributed by atoms with Crippen molar-refractivity contribution in [2.24, 2.45) is 0 Å². The molecule has 1 aliphatic rings. The van der Waals surface area contributed by atoms with Gasteiger partial charge in [-0.2, -0.15) is 4.98 Å². The number of aliphatic hydroxyl groups excluding tert-OH is 3. The van der Waals surface area contributed by atoms with E-state index in [0.29, 0.717) is 0 Å². The molecule has 0 bridgehead atoms. The number of aliphatic hydroxyl groups is 3. The quantitative estimate of drug-likeness (QED) is 0.449. The van der Waals surface area contributed by atoms with Gasteiger partial charge in [0.05, 0.1) is 18.3 Å². The average molecular weight is 285 g/mol. The molecule has 0 amide bonds. The first-order chi connectivity index (χ1) is 9.47. The van der Waals surface area contributed by atoms with Gasteiger partial charge < -0.3 is 25.8 Å². The Labute approximate surface area is 113 Å². The highest BCUT2D eigenvalue weighted by atomic mass is 16.5. The number of rotatable bonds is 4. The van der Waals surface area contributed by atoms with Crippen LogP contribution >= 0.6 is 0 Å². The predicted octanol–water partition coefficient (Wildman–Crippen LogP) is -2.36. The lowest BCUT2D eigenvalue weighted by Gasteiger charge is -2.15. The standard InChI is InChI=1S/C11H15N3O6/c12-10-5(7(18)3-15)2-14(11(19)13-10)9-1-6(17)8(4-16)20-9/h2,6,8-9,15-17H,1,3-4H2,(H2,12,13,19)/t6-,8+,9+/m0/s1. The van der Waals surface area contributed by atoms with Crippen molar-refractivity contribution in [3.8, 4) is 0 Å². The lowest BCUT2D eigenvalue weighted by Crippen LogP contribution is -2.30. The molecule has 9 nitrogen and oxygen atoms in total. The SMILES string of the molecule is Nc1nc(=O)n([C@H]2C[C@H](O)[C@@H](CO)O2)cc1C(=O)CO. The average Bonchev–Trinajstić information content (AvgIpc) is 2.79. The molecular weight excluding hydrogens is 270 g/mol. The summed E-state index contributed by atoms with van der Waals surface area (Å²) in [5.74, 6) is -0.955. The minimum Gasteiger partial charge on any atom is -0.394 e. The van der Waals surface area contributed by atoms with E-state index in [1.165, 1.54) is 0 Å². The summed E-state index contributed by atoms with van der Waals surface area (Å²) in [7, 11) is 0. The molecule has 1 aromatic rings. The summed E-state index contributed by atoms with van der Waals surface area (Å²) in [5.41, 5.74) is 4.62. The van der Waals surface area contributed by atoms with Crippen LogP contribution in [0.4, 0.5) is 5.82 Å². The fourth-order valence-corrected chi connectivity index (χ4v) is 2.04. The second-order valence-electron chi connectivity index (χ2n) is 4.43. The summed E-state index contributed by atoms with van der Waals surface area (Å²) in [5, 5.41) is 27.5. The number of nitrogens with zero attached hydrogens (tertiary/aromatic N) is 2. The van der Waals surface area contributed by atoms with E-state index in [2.05, 4.69) is 4.98 Å². The van der Waals surface area contributed by atoms with Crippen LogP contribution < -0.4 is 11.4 Å². The Balaban J connectivity index is 2.38. The summed E-state index contributed by atoms with van der Waals surface area (Å²) < 4.78 is 6.32. The number of carbonyl (C=O) groups excluding carboxylic acids is 1. The Hall–Kier alpha value is -1.81. The number of Topliss-reactive ketones (excluding diaryl/α,β-unsaturated/α-hetero) is 1. The van der Waals surface area contributed by atoms with Crippen LogP contribution in [0.3, 0.4) is 0 Å². The van der Waals surface area contributed by atoms with Crippen LogP contribution in [-0.2, 0) is 4.74 Å². The topological polar surface area (TPSA) is 148 Å². The number of nitrogen functional groups attached to an aromatic ring is 1. The van der Waals surface area contributed by atoms with Crippen LogP contribution in [0.15, 0.2) is 11.0 Å². The van der Waals surface area contributed by atoms with E-state index >= 15 is 0 Å². The second kappa shape index (κ2) is 5.67. The highest BCUT2D eigenvalue weighted by molar-refractivity contribution is 6.00. The molecule has 2 heterocycles. The van der Waals surface area contributed by atoms with Crippen molar-refractivity contribution in [3.63, 3.8) is 0 Å². The van der Waals surface area contributed by atoms with Crippen LogP contribution in [0.5, 0.6) is 0 Å². The summed E-state index contributed by atoms with van der Waals surface area (Å²) in [6, 6.07) is 0. The predicted molar refractivity (Wildman–Crippen MR) is 65.9 cm³/mol. The van der Waals surface area contributed by atoms with Gasteiger partial charge in [-0.15, -0.1) is 0 Å². The van der Waals surface area contributed by atoms with Crippen molar-refractivity contribution in [1.82, 2.24) is 9.55 Å². The molecule has 0 radical (unpaired) electrons. The van der Waals surface area contributed by atoms with Gasteiger partial charge in [-0.3, -0.25) is 9.36 Å². The van der Waals surface area contributed by atoms with Gasteiger partial charge in [0.15, 0.2) is 5.78 Å². The lowest BCUT2D eigenvalue weighted by atomic mass is 10.2. The van der Waals surface area contributed by atoms with E-state index in [-0.39, 0.29) is 17.8 Å². The molecule has 1 fully saturated rings. The Morgan fingerprint density at radius 2 is 2.25 bits per heavy atom. The summed E-state index contributed by atoms with van der Waals surface area (Å²) in [6.07, 6.45) is -1.37. The molecule has 1 aromatic heterocycles. The molecule has 2 rings (SSSR count). The third kappa shape index (κ3) is 2.56. The number of ether oxygens (including phenoxy) is 1. The Bertz CT molecular complexity index is 572. The number of nitrogens with two attached hydrogens (primary N) is 1. The molecule has 0 saturated carbocycles. The Morgan fingerprint density at radius 3 is 2.80 bits per heavy atom. The molecule has 0 spiro atoms. The van der Waals surface area contributed by atoms with Gasteiger partial charge in [-0.05, 0) is 0 Å². The number of anilines is 1. The van der Waals surface area contributed by atoms with Gasteiger partial charge in [0, 0.05) is 12.6 Å². The molecule has 0 aromatic carbocycles. The molecular formula is C11H15N3O6. The van der Waals surface area contributed by atoms with Crippen LogP contribution in [0.1, 0.15) is 23.0 Å². The molecule has 1 aliphatic heterocycles. The zero-order valence-corrected chi connectivity index (χ0v) is 10.5. The first-order valence-corrected chi connectivity index (χ1v) is 5.95. The molecule has 9 heteroatoms. The van der Waals surface area contributed by atoms with E-state index in [1.807, 2.05) is 0 Å². The molecule has 0 aliphatic carbocycles. The van der Waals surface area contributed by atoms with Gasteiger partial charge in [-0.1, -0.05) is 0 Å². The van der Waals surface area contributed by atoms with E-state index < -0.39 is 43.1 Å². The van der Waals surface area contributed by atoms with Gasteiger partial charge in [0.1, 0.15) is 24.8 Å². The fraction of sp³-hybridized carbons (Fsp3) is 0.545. The maximum atomic E-state index is 11.8. The Morgan fingerprint density at radius 1 is 1.55 bits per heavy atom. The molecule has 3 atom stereocenters. The molecule has 1 saturated heterocycles. The first-order valence-electron chi connectivity index (χ1n) is 5.95. The highest BCUT2D eigenvalue weighted by Crippen LogP contribution is 2.27. The van der Waals surface area contributed by atoms with Gasteiger partial charge in [0.25, 0.3) is 0 Å². The molecule has 20 heavy (non-hydrogen) atoms. The van der Waals surface area contributed by atoms with Crippen molar-refractivity contribution >= 4 is 11.6 Å². The van der Waals surface area contributed by atoms with Crippen LogP contribution in [0.25, 0.3) is 0 Å². The Kier molecular flexibility index (Phi) is 4.14. The van der Waals surface area contributed by atoms with Crippen LogP contribution in [-0.4, -0.2) is 56.1 Å². The molecule has 5 N–H and O–H groups in total. The third-order valence-electron chi connectivity index (χ3n) is 3.12. The lowest BCUT2D eigenvalue weighted by molar-refractivity contribution is -0.0459. The van der Waals surface area contributed by atoms with Gasteiger partial charge in [-0.25, -0.2) is 4.79 Å². The van der Waals surface area contributed by atoms with Crippen LogP contribution in [0.2, 0.25) is 0 Å². The maximum absolute atomic E-state index is 11.8. The fourth-order valence-electron chi connectivity index (χ4n) is 2.04. The molecule has 110 valence electrons. The summed E-state index contributed by atoms with van der Waals surface area (Å²) >= 11 is 0. The van der Waals surface area contributed by atoms with E-state index in [0.717, 1.165) is 10.8 Å². The highest BCUT2D eigenvalue weighted by Gasteiger charge is 2.35. The van der Waals surface area contributed by atoms with E-state index in [9.17, 15) is 14.7 Å². The number of ketones is 1. The van der Waals surface area contributed by atoms with Crippen molar-refractivity contribution in [1.29, 1.82) is 0 Å². The largest absolute Gasteiger partial charge is 0.394 e. The first kappa shape index (κ1) is 14.6. The smallest absolute Gasteiger partial charge is 0.351 e. The zero-order chi connectivity index (χ0) is 14.9. The minimum absolute atomic E-state index is 0.0729. The number of hydrogen-bond acceptors (Lipinski definition) is 8. The summed E-state index contributed by atoms with van der Waals surface area (Å²) in [6.45, 7) is -1.16. The van der Waals surface area contributed by atoms with Crippen LogP contribution in [0, 0.1) is 0 Å². The van der Waals surface area contributed by atoms with Crippen molar-refractivity contribution in [3.05, 3.63) is 22.2 Å². The van der Waals surface area contributed by atoms with Gasteiger partial charge >= 0.3 is 5.69 Å². The van der Waals surface area contributed by atoms with Crippen molar-refractivity contribution in [2.75, 3.05) is 18.9 Å². The third-order valence-corrected chi connectivity index (χ3v) is 3.12. The van der Waals surface area contributed by atoms with E-state index in [1.54, 1.807) is 0 Å². The second-order valence-corrected chi connectivity index (χ2v) is 4.43. The number of carbonyl (C=O) groups is 1. The monoisotopic (exact) mass is 285 g/mol. The molecule has 0 unspecified atom stereocenters. The normalized spacial score (nSPS) is 25.9. The van der Waals surface area contributed by atoms with Crippen molar-refractivity contribution in [2.45, 2.75) is 24.9 Å². The summed E-state index contributed by atoms with van der Waals surface area (Å²) in [4.78, 5) is 26.7. The van der Waals surface area contributed by atoms with Gasteiger partial charge in [0.2, 0.25) is 0 Å². The van der Waals surface area contributed by atoms with Crippen molar-refractivity contribution < 1.29 is 24.9 Å². The zero-order valence-electron chi connectivity index (χ0n) is 10.5. The van der Waals surface area contributed by atoms with E-state index in [4.69, 9.17) is 20.7 Å². The minimum atomic E-state index is -0.925. The maximum Gasteiger partial charge on any atom is 0.351 e. The number of hydrogen-bond donors (Lipinski definition) is 4.